The third kappa shape index (κ3) is 2.05. The molecule has 3 N–H and O–H groups in total. The Morgan fingerprint density at radius 2 is 1.94 bits per heavy atom. The summed E-state index contributed by atoms with van der Waals surface area (Å²) in [5.74, 6) is 5.75. The lowest BCUT2D eigenvalue weighted by Crippen LogP contribution is -2.29. The van der Waals surface area contributed by atoms with Crippen molar-refractivity contribution in [3.8, 4) is 0 Å². The molecule has 1 atom stereocenters. The number of nitrogens with zero attached hydrogens (tertiary/aromatic N) is 2. The molecule has 96 valence electrons. The van der Waals surface area contributed by atoms with E-state index in [4.69, 9.17) is 5.84 Å². The number of nitrogens with one attached hydrogen (secondary N) is 1. The van der Waals surface area contributed by atoms with Gasteiger partial charge in [-0.05, 0) is 37.5 Å². The fourth-order valence-electron chi connectivity index (χ4n) is 2.23. The van der Waals surface area contributed by atoms with E-state index in [0.29, 0.717) is 0 Å². The molecule has 1 heterocycles. The van der Waals surface area contributed by atoms with Crippen LogP contribution in [0.4, 0.5) is 0 Å². The van der Waals surface area contributed by atoms with E-state index in [9.17, 15) is 0 Å². The Bertz CT molecular complexity index is 557. The fraction of sp³-hybridized carbons (Fsp3) is 0.357. The molecule has 0 saturated carbocycles. The predicted octanol–water partition coefficient (Wildman–Crippen LogP) is 1.90. The van der Waals surface area contributed by atoms with E-state index in [1.165, 1.54) is 16.7 Å². The van der Waals surface area contributed by atoms with Crippen molar-refractivity contribution in [3.63, 3.8) is 0 Å². The van der Waals surface area contributed by atoms with Crippen molar-refractivity contribution in [2.24, 2.45) is 12.9 Å². The van der Waals surface area contributed by atoms with E-state index >= 15 is 0 Å². The van der Waals surface area contributed by atoms with Gasteiger partial charge in [0.15, 0.2) is 0 Å². The monoisotopic (exact) mass is 244 g/mol. The van der Waals surface area contributed by atoms with Gasteiger partial charge in [0.05, 0.1) is 12.2 Å². The molecule has 1 aromatic carbocycles. The molecular weight excluding hydrogens is 224 g/mol. The zero-order valence-corrected chi connectivity index (χ0v) is 11.4. The number of hydrazine groups is 1. The van der Waals surface area contributed by atoms with Crippen LogP contribution in [0.2, 0.25) is 0 Å². The summed E-state index contributed by atoms with van der Waals surface area (Å²) in [7, 11) is 1.94. The van der Waals surface area contributed by atoms with Crippen LogP contribution in [0.3, 0.4) is 0 Å². The second-order valence-electron chi connectivity index (χ2n) is 4.70. The quantitative estimate of drug-likeness (QED) is 0.640. The highest BCUT2D eigenvalue weighted by molar-refractivity contribution is 5.41. The first-order chi connectivity index (χ1) is 8.56. The van der Waals surface area contributed by atoms with Crippen LogP contribution in [0.5, 0.6) is 0 Å². The molecule has 1 aromatic heterocycles. The summed E-state index contributed by atoms with van der Waals surface area (Å²) in [5, 5.41) is 4.28. The molecule has 1 unspecified atom stereocenters. The summed E-state index contributed by atoms with van der Waals surface area (Å²) in [5.41, 5.74) is 8.89. The van der Waals surface area contributed by atoms with Gasteiger partial charge in [-0.15, -0.1) is 0 Å². The summed E-state index contributed by atoms with van der Waals surface area (Å²) in [6.07, 6.45) is 1.88. The lowest BCUT2D eigenvalue weighted by Gasteiger charge is -2.19. The predicted molar refractivity (Wildman–Crippen MR) is 73.0 cm³/mol. The Morgan fingerprint density at radius 3 is 2.50 bits per heavy atom. The van der Waals surface area contributed by atoms with Crippen molar-refractivity contribution in [1.29, 1.82) is 0 Å². The minimum Gasteiger partial charge on any atom is -0.273 e. The standard InChI is InChI=1S/C14H20N4/c1-9-6-5-7-12(10(9)2)14(17-15)13-8-16-18(4)11(13)3/h5-8,14,17H,15H2,1-4H3. The SMILES string of the molecule is Cc1cccc(C(NN)c2cnn(C)c2C)c1C. The van der Waals surface area contributed by atoms with Gasteiger partial charge < -0.3 is 0 Å². The van der Waals surface area contributed by atoms with Crippen molar-refractivity contribution in [1.82, 2.24) is 15.2 Å². The van der Waals surface area contributed by atoms with Crippen molar-refractivity contribution in [2.45, 2.75) is 26.8 Å². The second kappa shape index (κ2) is 4.92. The smallest absolute Gasteiger partial charge is 0.0746 e. The number of hydrogen-bond donors (Lipinski definition) is 2. The summed E-state index contributed by atoms with van der Waals surface area (Å²) in [4.78, 5) is 0. The van der Waals surface area contributed by atoms with Gasteiger partial charge in [-0.2, -0.15) is 5.10 Å². The van der Waals surface area contributed by atoms with Gasteiger partial charge in [-0.25, -0.2) is 5.43 Å². The van der Waals surface area contributed by atoms with Gasteiger partial charge in [-0.1, -0.05) is 18.2 Å². The highest BCUT2D eigenvalue weighted by atomic mass is 15.3. The number of aryl methyl sites for hydroxylation is 2. The van der Waals surface area contributed by atoms with E-state index in [2.05, 4.69) is 49.5 Å². The molecule has 0 amide bonds. The highest BCUT2D eigenvalue weighted by Gasteiger charge is 2.19. The number of rotatable bonds is 3. The normalized spacial score (nSPS) is 12.7. The van der Waals surface area contributed by atoms with Crippen molar-refractivity contribution in [3.05, 3.63) is 52.3 Å². The largest absolute Gasteiger partial charge is 0.273 e. The topological polar surface area (TPSA) is 55.9 Å². The molecule has 2 aromatic rings. The van der Waals surface area contributed by atoms with Crippen LogP contribution in [-0.2, 0) is 7.05 Å². The van der Waals surface area contributed by atoms with E-state index in [1.54, 1.807) is 0 Å². The van der Waals surface area contributed by atoms with Gasteiger partial charge in [0.25, 0.3) is 0 Å². The first-order valence-corrected chi connectivity index (χ1v) is 6.07. The number of benzene rings is 1. The minimum atomic E-state index is -0.0152. The molecule has 0 radical (unpaired) electrons. The summed E-state index contributed by atoms with van der Waals surface area (Å²) in [6.45, 7) is 6.29. The first kappa shape index (κ1) is 12.8. The van der Waals surface area contributed by atoms with E-state index in [0.717, 1.165) is 11.3 Å². The molecule has 4 nitrogen and oxygen atoms in total. The van der Waals surface area contributed by atoms with E-state index in [-0.39, 0.29) is 6.04 Å². The highest BCUT2D eigenvalue weighted by Crippen LogP contribution is 2.27. The molecule has 0 aliphatic rings. The molecule has 2 rings (SSSR count). The molecule has 0 bridgehead atoms. The third-order valence-corrected chi connectivity index (χ3v) is 3.71. The molecule has 0 aliphatic heterocycles. The summed E-state index contributed by atoms with van der Waals surface area (Å²) in [6, 6.07) is 6.27. The molecule has 0 saturated heterocycles. The fourth-order valence-corrected chi connectivity index (χ4v) is 2.23. The Balaban J connectivity index is 2.52. The van der Waals surface area contributed by atoms with Gasteiger partial charge in [0, 0.05) is 18.3 Å². The maximum atomic E-state index is 5.75. The van der Waals surface area contributed by atoms with Crippen LogP contribution in [0.25, 0.3) is 0 Å². The van der Waals surface area contributed by atoms with Gasteiger partial charge >= 0.3 is 0 Å². The average Bonchev–Trinajstić information content (AvgIpc) is 2.68. The Hall–Kier alpha value is -1.65. The van der Waals surface area contributed by atoms with E-state index in [1.807, 2.05) is 17.9 Å². The molecular formula is C14H20N4. The first-order valence-electron chi connectivity index (χ1n) is 6.07. The zero-order valence-electron chi connectivity index (χ0n) is 11.4. The molecule has 0 spiro atoms. The molecule has 0 fully saturated rings. The number of aromatic nitrogens is 2. The number of nitrogens with two attached hydrogens (primary N) is 1. The lowest BCUT2D eigenvalue weighted by molar-refractivity contribution is 0.627. The van der Waals surface area contributed by atoms with Crippen LogP contribution in [-0.4, -0.2) is 9.78 Å². The van der Waals surface area contributed by atoms with Crippen molar-refractivity contribution >= 4 is 0 Å². The zero-order chi connectivity index (χ0) is 13.3. The van der Waals surface area contributed by atoms with Crippen LogP contribution in [0.1, 0.15) is 34.0 Å². The van der Waals surface area contributed by atoms with Crippen LogP contribution >= 0.6 is 0 Å². The summed E-state index contributed by atoms with van der Waals surface area (Å²) < 4.78 is 1.87. The van der Waals surface area contributed by atoms with Crippen LogP contribution in [0.15, 0.2) is 24.4 Å². The average molecular weight is 244 g/mol. The third-order valence-electron chi connectivity index (χ3n) is 3.71. The number of hydrogen-bond acceptors (Lipinski definition) is 3. The lowest BCUT2D eigenvalue weighted by atomic mass is 9.93. The molecule has 4 heteroatoms. The van der Waals surface area contributed by atoms with Crippen LogP contribution < -0.4 is 11.3 Å². The van der Waals surface area contributed by atoms with Crippen LogP contribution in [0, 0.1) is 20.8 Å². The molecule has 18 heavy (non-hydrogen) atoms. The van der Waals surface area contributed by atoms with Gasteiger partial charge in [-0.3, -0.25) is 10.5 Å². The Labute approximate surface area is 108 Å². The Morgan fingerprint density at radius 1 is 1.22 bits per heavy atom. The minimum absolute atomic E-state index is 0.0152. The maximum Gasteiger partial charge on any atom is 0.0746 e. The van der Waals surface area contributed by atoms with Crippen molar-refractivity contribution < 1.29 is 0 Å². The van der Waals surface area contributed by atoms with E-state index < -0.39 is 0 Å². The summed E-state index contributed by atoms with van der Waals surface area (Å²) >= 11 is 0. The van der Waals surface area contributed by atoms with Gasteiger partial charge in [0.1, 0.15) is 0 Å². The van der Waals surface area contributed by atoms with Crippen molar-refractivity contribution in [2.75, 3.05) is 0 Å². The second-order valence-corrected chi connectivity index (χ2v) is 4.70. The Kier molecular flexibility index (Phi) is 3.50. The van der Waals surface area contributed by atoms with Gasteiger partial charge in [0.2, 0.25) is 0 Å². The molecule has 0 aliphatic carbocycles. The maximum absolute atomic E-state index is 5.75.